The van der Waals surface area contributed by atoms with E-state index in [2.05, 4.69) is 30.0 Å². The maximum atomic E-state index is 14.8. The van der Waals surface area contributed by atoms with Gasteiger partial charge in [0.1, 0.15) is 40.8 Å². The quantitative estimate of drug-likeness (QED) is 0.173. The molecular formula is C36H36FN7O2. The van der Waals surface area contributed by atoms with Crippen LogP contribution in [0.15, 0.2) is 67.1 Å². The molecule has 9 nitrogen and oxygen atoms in total. The average Bonchev–Trinajstić information content (AvgIpc) is 3.85. The summed E-state index contributed by atoms with van der Waals surface area (Å²) in [5.41, 5.74) is 6.89. The smallest absolute Gasteiger partial charge is 0.138 e. The number of hydrogen-bond acceptors (Lipinski definition) is 7. The molecule has 1 saturated carbocycles. The van der Waals surface area contributed by atoms with Crippen LogP contribution >= 0.6 is 0 Å². The van der Waals surface area contributed by atoms with Crippen LogP contribution in [0.25, 0.3) is 55.8 Å². The van der Waals surface area contributed by atoms with Crippen LogP contribution in [0, 0.1) is 5.82 Å². The molecule has 6 heterocycles. The number of rotatable bonds is 9. The summed E-state index contributed by atoms with van der Waals surface area (Å²) in [6.07, 6.45) is 13.9. The Morgan fingerprint density at radius 3 is 2.65 bits per heavy atom. The highest BCUT2D eigenvalue weighted by Gasteiger charge is 2.19. The Bertz CT molecular complexity index is 1990. The number of fused-ring (bicyclic) bond motifs is 2. The van der Waals surface area contributed by atoms with Crippen LogP contribution in [0.1, 0.15) is 44.9 Å². The zero-order chi connectivity index (χ0) is 30.9. The molecular weight excluding hydrogens is 581 g/mol. The number of benzene rings is 1. The molecule has 46 heavy (non-hydrogen) atoms. The first-order valence-electron chi connectivity index (χ1n) is 16.3. The Labute approximate surface area is 266 Å². The number of aromatic amines is 2. The van der Waals surface area contributed by atoms with Gasteiger partial charge < -0.3 is 14.5 Å². The highest BCUT2D eigenvalue weighted by Crippen LogP contribution is 2.35. The number of nitrogens with one attached hydrogen (secondary N) is 2. The molecule has 1 aliphatic carbocycles. The summed E-state index contributed by atoms with van der Waals surface area (Å²) in [5.74, 6) is 0.949. The van der Waals surface area contributed by atoms with E-state index < -0.39 is 0 Å². The molecule has 234 valence electrons. The summed E-state index contributed by atoms with van der Waals surface area (Å²) < 4.78 is 27.1. The molecule has 0 spiro atoms. The molecule has 0 atom stereocenters. The first-order chi connectivity index (χ1) is 22.7. The molecule has 10 heteroatoms. The zero-order valence-electron chi connectivity index (χ0n) is 25.6. The van der Waals surface area contributed by atoms with Gasteiger partial charge in [-0.15, -0.1) is 0 Å². The normalized spacial score (nSPS) is 16.0. The Morgan fingerprint density at radius 1 is 0.891 bits per heavy atom. The van der Waals surface area contributed by atoms with Gasteiger partial charge in [0.15, 0.2) is 0 Å². The fourth-order valence-electron chi connectivity index (χ4n) is 6.75. The molecule has 1 aliphatic heterocycles. The molecule has 1 saturated heterocycles. The standard InChI is InChI=1S/C36H36FN7O2/c37-25-16-23(17-27(19-25)45-15-14-44-12-4-5-13-44)29-10-11-39-36-30(29)20-33(41-36)35-34-32(42-43-35)9-8-31(40-34)24-18-28(22-38-21-24)46-26-6-2-1-3-7-26/h8-11,16-22,26H,1-7,12-15H2,(H,39,41)(H,42,43). The third-order valence-electron chi connectivity index (χ3n) is 9.12. The van der Waals surface area contributed by atoms with Crippen molar-refractivity contribution in [3.05, 3.63) is 72.9 Å². The lowest BCUT2D eigenvalue weighted by Gasteiger charge is -2.22. The van der Waals surface area contributed by atoms with Gasteiger partial charge >= 0.3 is 0 Å². The van der Waals surface area contributed by atoms with Crippen LogP contribution in [0.5, 0.6) is 11.5 Å². The maximum absolute atomic E-state index is 14.8. The van der Waals surface area contributed by atoms with Crippen molar-refractivity contribution in [1.29, 1.82) is 0 Å². The largest absolute Gasteiger partial charge is 0.492 e. The monoisotopic (exact) mass is 617 g/mol. The van der Waals surface area contributed by atoms with E-state index in [4.69, 9.17) is 14.5 Å². The van der Waals surface area contributed by atoms with E-state index in [9.17, 15) is 4.39 Å². The zero-order valence-corrected chi connectivity index (χ0v) is 25.6. The molecule has 0 radical (unpaired) electrons. The van der Waals surface area contributed by atoms with Crippen molar-refractivity contribution < 1.29 is 13.9 Å². The van der Waals surface area contributed by atoms with Gasteiger partial charge in [0.25, 0.3) is 0 Å². The summed E-state index contributed by atoms with van der Waals surface area (Å²) in [5, 5.41) is 8.59. The number of H-pyrrole nitrogens is 2. The minimum absolute atomic E-state index is 0.244. The number of pyridine rings is 3. The molecule has 0 amide bonds. The predicted molar refractivity (Wildman–Crippen MR) is 176 cm³/mol. The summed E-state index contributed by atoms with van der Waals surface area (Å²) >= 11 is 0. The van der Waals surface area contributed by atoms with Crippen LogP contribution in [-0.2, 0) is 0 Å². The van der Waals surface area contributed by atoms with Crippen LogP contribution < -0.4 is 9.47 Å². The Balaban J connectivity index is 1.08. The van der Waals surface area contributed by atoms with Crippen molar-refractivity contribution in [2.75, 3.05) is 26.2 Å². The van der Waals surface area contributed by atoms with Gasteiger partial charge in [-0.05, 0) is 105 Å². The van der Waals surface area contributed by atoms with E-state index in [1.54, 1.807) is 12.4 Å². The molecule has 2 aliphatic rings. The second-order valence-corrected chi connectivity index (χ2v) is 12.3. The Kier molecular flexibility index (Phi) is 7.79. The van der Waals surface area contributed by atoms with Crippen molar-refractivity contribution in [3.8, 4) is 45.3 Å². The van der Waals surface area contributed by atoms with E-state index in [1.807, 2.05) is 42.6 Å². The first kappa shape index (κ1) is 28.6. The van der Waals surface area contributed by atoms with Gasteiger partial charge in [-0.1, -0.05) is 6.42 Å². The third kappa shape index (κ3) is 5.92. The van der Waals surface area contributed by atoms with E-state index in [0.29, 0.717) is 23.7 Å². The molecule has 2 N–H and O–H groups in total. The van der Waals surface area contributed by atoms with Gasteiger partial charge in [0, 0.05) is 36.0 Å². The second kappa shape index (κ2) is 12.5. The van der Waals surface area contributed by atoms with Gasteiger partial charge in [0.05, 0.1) is 29.2 Å². The Morgan fingerprint density at radius 2 is 1.76 bits per heavy atom. The van der Waals surface area contributed by atoms with Crippen LogP contribution in [0.4, 0.5) is 4.39 Å². The molecule has 0 bridgehead atoms. The van der Waals surface area contributed by atoms with E-state index in [1.165, 1.54) is 44.2 Å². The number of ether oxygens (including phenoxy) is 2. The average molecular weight is 618 g/mol. The van der Waals surface area contributed by atoms with E-state index >= 15 is 0 Å². The maximum Gasteiger partial charge on any atom is 0.138 e. The summed E-state index contributed by atoms with van der Waals surface area (Å²) in [6.45, 7) is 3.57. The van der Waals surface area contributed by atoms with Gasteiger partial charge in [-0.2, -0.15) is 5.10 Å². The van der Waals surface area contributed by atoms with Crippen LogP contribution in [0.2, 0.25) is 0 Å². The lowest BCUT2D eigenvalue weighted by Crippen LogP contribution is -2.25. The van der Waals surface area contributed by atoms with Gasteiger partial charge in [-0.25, -0.2) is 14.4 Å². The number of nitrogens with zero attached hydrogens (tertiary/aromatic N) is 5. The summed E-state index contributed by atoms with van der Waals surface area (Å²) in [6, 6.07) is 14.7. The number of halogens is 1. The number of hydrogen-bond donors (Lipinski definition) is 2. The first-order valence-corrected chi connectivity index (χ1v) is 16.3. The molecule has 0 unspecified atom stereocenters. The minimum Gasteiger partial charge on any atom is -0.492 e. The number of aromatic nitrogens is 6. The Hall–Kier alpha value is -4.83. The lowest BCUT2D eigenvalue weighted by molar-refractivity contribution is 0.154. The van der Waals surface area contributed by atoms with Crippen molar-refractivity contribution >= 4 is 22.1 Å². The van der Waals surface area contributed by atoms with Crippen molar-refractivity contribution in [2.45, 2.75) is 51.0 Å². The van der Waals surface area contributed by atoms with E-state index in [0.717, 1.165) is 82.7 Å². The summed E-state index contributed by atoms with van der Waals surface area (Å²) in [7, 11) is 0. The topological polar surface area (TPSA) is 105 Å². The predicted octanol–water partition coefficient (Wildman–Crippen LogP) is 7.56. The third-order valence-corrected chi connectivity index (χ3v) is 9.12. The van der Waals surface area contributed by atoms with Gasteiger partial charge in [0.2, 0.25) is 0 Å². The molecule has 5 aromatic heterocycles. The van der Waals surface area contributed by atoms with Crippen LogP contribution in [0.3, 0.4) is 0 Å². The molecule has 2 fully saturated rings. The van der Waals surface area contributed by atoms with Crippen molar-refractivity contribution in [2.24, 2.45) is 0 Å². The SMILES string of the molecule is Fc1cc(OCCN2CCCC2)cc(-c2ccnc3[nH]c(-c4n[nH]c5ccc(-c6cncc(OC7CCCCC7)c6)nc45)cc23)c1. The van der Waals surface area contributed by atoms with E-state index in [-0.39, 0.29) is 11.9 Å². The number of likely N-dealkylation sites (tertiary alicyclic amines) is 1. The summed E-state index contributed by atoms with van der Waals surface area (Å²) in [4.78, 5) is 19.8. The second-order valence-electron chi connectivity index (χ2n) is 12.3. The highest BCUT2D eigenvalue weighted by molar-refractivity contribution is 5.99. The lowest BCUT2D eigenvalue weighted by atomic mass is 9.98. The van der Waals surface area contributed by atoms with Gasteiger partial charge in [-0.3, -0.25) is 15.0 Å². The van der Waals surface area contributed by atoms with Crippen LogP contribution in [-0.4, -0.2) is 67.4 Å². The fraction of sp³-hybridized carbons (Fsp3) is 0.333. The molecule has 6 aromatic rings. The molecule has 1 aromatic carbocycles. The van der Waals surface area contributed by atoms with Crippen molar-refractivity contribution in [1.82, 2.24) is 35.0 Å². The fourth-order valence-corrected chi connectivity index (χ4v) is 6.75. The molecule has 8 rings (SSSR count). The minimum atomic E-state index is -0.341. The van der Waals surface area contributed by atoms with Crippen molar-refractivity contribution in [3.63, 3.8) is 0 Å². The highest BCUT2D eigenvalue weighted by atomic mass is 19.1.